The normalized spacial score (nSPS) is 10.5. The summed E-state index contributed by atoms with van der Waals surface area (Å²) < 4.78 is 40.1. The molecule has 29 heavy (non-hydrogen) atoms. The van der Waals surface area contributed by atoms with Crippen LogP contribution in [0.15, 0.2) is 48.7 Å². The van der Waals surface area contributed by atoms with Gasteiger partial charge in [-0.25, -0.2) is 13.2 Å². The number of rotatable bonds is 4. The minimum Gasteiger partial charge on any atom is -0.322 e. The van der Waals surface area contributed by atoms with E-state index in [2.05, 4.69) is 15.6 Å². The number of aryl methyl sites for hydroxylation is 2. The van der Waals surface area contributed by atoms with Crippen molar-refractivity contribution in [1.82, 2.24) is 4.98 Å². The van der Waals surface area contributed by atoms with Gasteiger partial charge < -0.3 is 10.6 Å². The molecule has 5 nitrogen and oxygen atoms in total. The minimum absolute atomic E-state index is 0.149. The molecule has 0 aliphatic heterocycles. The predicted molar refractivity (Wildman–Crippen MR) is 102 cm³/mol. The summed E-state index contributed by atoms with van der Waals surface area (Å²) in [6.45, 7) is 3.78. The molecule has 0 aliphatic carbocycles. The molecule has 8 heteroatoms. The van der Waals surface area contributed by atoms with Gasteiger partial charge in [0.2, 0.25) is 0 Å². The third kappa shape index (κ3) is 4.43. The Morgan fingerprint density at radius 1 is 0.828 bits per heavy atom. The van der Waals surface area contributed by atoms with Gasteiger partial charge in [-0.3, -0.25) is 14.6 Å². The van der Waals surface area contributed by atoms with E-state index in [1.165, 1.54) is 18.3 Å². The highest BCUT2D eigenvalue weighted by Crippen LogP contribution is 2.21. The summed E-state index contributed by atoms with van der Waals surface area (Å²) in [5, 5.41) is 4.85. The second kappa shape index (κ2) is 8.14. The zero-order valence-electron chi connectivity index (χ0n) is 15.5. The Bertz CT molecular complexity index is 1120. The molecule has 0 spiro atoms. The van der Waals surface area contributed by atoms with Crippen LogP contribution in [0.3, 0.4) is 0 Å². The van der Waals surface area contributed by atoms with Crippen LogP contribution in [0.25, 0.3) is 0 Å². The second-order valence-electron chi connectivity index (χ2n) is 6.38. The van der Waals surface area contributed by atoms with Crippen LogP contribution in [0.2, 0.25) is 0 Å². The number of pyridine rings is 1. The number of nitrogens with one attached hydrogen (secondary N) is 2. The van der Waals surface area contributed by atoms with E-state index in [9.17, 15) is 22.8 Å². The van der Waals surface area contributed by atoms with Crippen LogP contribution in [0.4, 0.5) is 24.5 Å². The molecule has 0 saturated heterocycles. The highest BCUT2D eigenvalue weighted by Gasteiger charge is 2.18. The van der Waals surface area contributed by atoms with Crippen molar-refractivity contribution in [3.05, 3.63) is 88.5 Å². The fourth-order valence-electron chi connectivity index (χ4n) is 2.65. The van der Waals surface area contributed by atoms with Gasteiger partial charge in [-0.05, 0) is 49.7 Å². The fourth-order valence-corrected chi connectivity index (χ4v) is 2.65. The minimum atomic E-state index is -1.70. The van der Waals surface area contributed by atoms with Gasteiger partial charge in [0.25, 0.3) is 11.8 Å². The smallest absolute Gasteiger partial charge is 0.274 e. The molecule has 3 rings (SSSR count). The summed E-state index contributed by atoms with van der Waals surface area (Å²) in [4.78, 5) is 28.6. The molecule has 3 aromatic rings. The largest absolute Gasteiger partial charge is 0.322 e. The second-order valence-corrected chi connectivity index (χ2v) is 6.38. The van der Waals surface area contributed by atoms with Gasteiger partial charge in [-0.2, -0.15) is 0 Å². The number of hydrogen-bond acceptors (Lipinski definition) is 3. The number of halogens is 3. The molecule has 1 aromatic heterocycles. The number of amides is 2. The first-order valence-electron chi connectivity index (χ1n) is 8.56. The van der Waals surface area contributed by atoms with E-state index in [0.29, 0.717) is 11.8 Å². The molecular formula is C21H16F3N3O2. The lowest BCUT2D eigenvalue weighted by atomic mass is 10.1. The monoisotopic (exact) mass is 399 g/mol. The Morgan fingerprint density at radius 3 is 2.24 bits per heavy atom. The van der Waals surface area contributed by atoms with Crippen molar-refractivity contribution in [3.63, 3.8) is 0 Å². The molecule has 2 aromatic carbocycles. The predicted octanol–water partition coefficient (Wildman–Crippen LogP) is 4.62. The summed E-state index contributed by atoms with van der Waals surface area (Å²) >= 11 is 0. The summed E-state index contributed by atoms with van der Waals surface area (Å²) in [6.07, 6.45) is 1.24. The number of aromatic nitrogens is 1. The van der Waals surface area contributed by atoms with Crippen LogP contribution in [-0.4, -0.2) is 16.8 Å². The van der Waals surface area contributed by atoms with Crippen molar-refractivity contribution in [2.24, 2.45) is 0 Å². The van der Waals surface area contributed by atoms with E-state index >= 15 is 0 Å². The average Bonchev–Trinajstić information content (AvgIpc) is 2.70. The topological polar surface area (TPSA) is 71.1 Å². The van der Waals surface area contributed by atoms with Gasteiger partial charge in [0.05, 0.1) is 5.69 Å². The number of nitrogens with zero attached hydrogens (tertiary/aromatic N) is 1. The summed E-state index contributed by atoms with van der Waals surface area (Å²) in [7, 11) is 0. The standard InChI is InChI=1S/C21H16F3N3O2/c1-11-3-5-15(12(2)9-11)26-20(28)13-7-8-25-17(10-13)21(29)27-16-6-4-14(22)18(23)19(16)24/h3-10H,1-2H3,(H,26,28)(H,27,29). The Kier molecular flexibility index (Phi) is 5.63. The molecule has 2 N–H and O–H groups in total. The van der Waals surface area contributed by atoms with Crippen molar-refractivity contribution in [3.8, 4) is 0 Å². The molecule has 0 fully saturated rings. The van der Waals surface area contributed by atoms with Crippen LogP contribution in [-0.2, 0) is 0 Å². The van der Waals surface area contributed by atoms with E-state index in [-0.39, 0.29) is 11.3 Å². The molecule has 2 amide bonds. The third-order valence-corrected chi connectivity index (χ3v) is 4.17. The van der Waals surface area contributed by atoms with E-state index in [1.807, 2.05) is 26.0 Å². The molecule has 0 aliphatic rings. The number of benzene rings is 2. The Labute approximate surface area is 164 Å². The maximum absolute atomic E-state index is 13.7. The quantitative estimate of drug-likeness (QED) is 0.629. The van der Waals surface area contributed by atoms with Crippen LogP contribution >= 0.6 is 0 Å². The zero-order valence-corrected chi connectivity index (χ0v) is 15.5. The lowest BCUT2D eigenvalue weighted by Crippen LogP contribution is -2.18. The summed E-state index contributed by atoms with van der Waals surface area (Å²) in [6, 6.07) is 9.74. The third-order valence-electron chi connectivity index (χ3n) is 4.17. The molecular weight excluding hydrogens is 383 g/mol. The molecule has 0 atom stereocenters. The lowest BCUT2D eigenvalue weighted by molar-refractivity contribution is 0.102. The summed E-state index contributed by atoms with van der Waals surface area (Å²) in [5.41, 5.74) is 1.96. The highest BCUT2D eigenvalue weighted by atomic mass is 19.2. The van der Waals surface area contributed by atoms with Gasteiger partial charge in [-0.1, -0.05) is 17.7 Å². The van der Waals surface area contributed by atoms with E-state index < -0.39 is 35.0 Å². The van der Waals surface area contributed by atoms with Crippen molar-refractivity contribution in [2.75, 3.05) is 10.6 Å². The summed E-state index contributed by atoms with van der Waals surface area (Å²) in [5.74, 6) is -5.94. The Balaban J connectivity index is 1.79. The van der Waals surface area contributed by atoms with Gasteiger partial charge in [0.1, 0.15) is 5.69 Å². The van der Waals surface area contributed by atoms with Crippen molar-refractivity contribution in [1.29, 1.82) is 0 Å². The highest BCUT2D eigenvalue weighted by molar-refractivity contribution is 6.08. The maximum Gasteiger partial charge on any atom is 0.274 e. The van der Waals surface area contributed by atoms with E-state index in [4.69, 9.17) is 0 Å². The fraction of sp³-hybridized carbons (Fsp3) is 0.0952. The maximum atomic E-state index is 13.7. The molecule has 1 heterocycles. The molecule has 0 saturated carbocycles. The van der Waals surface area contributed by atoms with Gasteiger partial charge in [-0.15, -0.1) is 0 Å². The van der Waals surface area contributed by atoms with Crippen LogP contribution in [0.5, 0.6) is 0 Å². The number of carbonyl (C=O) groups excluding carboxylic acids is 2. The first-order valence-corrected chi connectivity index (χ1v) is 8.56. The van der Waals surface area contributed by atoms with Crippen LogP contribution < -0.4 is 10.6 Å². The van der Waals surface area contributed by atoms with E-state index in [0.717, 1.165) is 17.2 Å². The number of anilines is 2. The molecule has 0 radical (unpaired) electrons. The average molecular weight is 399 g/mol. The van der Waals surface area contributed by atoms with Gasteiger partial charge in [0.15, 0.2) is 17.5 Å². The number of hydrogen-bond donors (Lipinski definition) is 2. The van der Waals surface area contributed by atoms with Crippen molar-refractivity contribution >= 4 is 23.2 Å². The zero-order chi connectivity index (χ0) is 21.1. The molecule has 0 bridgehead atoms. The van der Waals surface area contributed by atoms with Crippen molar-refractivity contribution in [2.45, 2.75) is 13.8 Å². The van der Waals surface area contributed by atoms with Gasteiger partial charge >= 0.3 is 0 Å². The molecule has 0 unspecified atom stereocenters. The van der Waals surface area contributed by atoms with Crippen LogP contribution in [0.1, 0.15) is 32.0 Å². The van der Waals surface area contributed by atoms with E-state index in [1.54, 1.807) is 6.07 Å². The SMILES string of the molecule is Cc1ccc(NC(=O)c2ccnc(C(=O)Nc3ccc(F)c(F)c3F)c2)c(C)c1. The first kappa shape index (κ1) is 20.1. The lowest BCUT2D eigenvalue weighted by Gasteiger charge is -2.10. The Hall–Kier alpha value is -3.68. The molecule has 148 valence electrons. The first-order chi connectivity index (χ1) is 13.8. The van der Waals surface area contributed by atoms with Gasteiger partial charge in [0, 0.05) is 17.4 Å². The van der Waals surface area contributed by atoms with Crippen LogP contribution in [0, 0.1) is 31.3 Å². The Morgan fingerprint density at radius 2 is 1.52 bits per heavy atom. The number of carbonyl (C=O) groups is 2. The van der Waals surface area contributed by atoms with Crippen molar-refractivity contribution < 1.29 is 22.8 Å².